The minimum atomic E-state index is -1.01. The summed E-state index contributed by atoms with van der Waals surface area (Å²) in [5.74, 6) is -0.654. The van der Waals surface area contributed by atoms with Crippen molar-refractivity contribution in [2.45, 2.75) is 56.7 Å². The molecule has 1 spiro atoms. The SMILES string of the molecule is Cc1cc(C(=O)O)c(C)n1-c1cccc(C(=O)O)c1.O=C1C[C@@H]2OCC=C3CN4CC[C@]56c7ccccc7N1[C@@H]5[C@@H]2[C@H]3C[C@H]46. The maximum atomic E-state index is 13.2. The van der Waals surface area contributed by atoms with E-state index in [2.05, 4.69) is 40.1 Å². The number of aryl methyl sites for hydroxylation is 1. The monoisotopic (exact) mass is 593 g/mol. The molecular formula is C35H35N3O6. The van der Waals surface area contributed by atoms with Gasteiger partial charge in [-0.3, -0.25) is 9.69 Å². The molecule has 1 saturated carbocycles. The van der Waals surface area contributed by atoms with Crippen molar-refractivity contribution in [1.82, 2.24) is 9.47 Å². The van der Waals surface area contributed by atoms with E-state index >= 15 is 0 Å². The number of hydrogen-bond acceptors (Lipinski definition) is 5. The van der Waals surface area contributed by atoms with Crippen LogP contribution in [0.25, 0.3) is 5.69 Å². The summed E-state index contributed by atoms with van der Waals surface area (Å²) in [6, 6.07) is 17.6. The number of carbonyl (C=O) groups is 3. The van der Waals surface area contributed by atoms with Crippen LogP contribution in [0.3, 0.4) is 0 Å². The van der Waals surface area contributed by atoms with Gasteiger partial charge in [0.15, 0.2) is 0 Å². The van der Waals surface area contributed by atoms with Gasteiger partial charge in [0, 0.05) is 46.7 Å². The summed E-state index contributed by atoms with van der Waals surface area (Å²) >= 11 is 0. The van der Waals surface area contributed by atoms with Gasteiger partial charge in [-0.1, -0.05) is 35.9 Å². The Bertz CT molecular complexity index is 1780. The highest BCUT2D eigenvalue weighted by Gasteiger charge is 2.70. The van der Waals surface area contributed by atoms with Crippen molar-refractivity contribution >= 4 is 23.5 Å². The van der Waals surface area contributed by atoms with Gasteiger partial charge < -0.3 is 24.4 Å². The largest absolute Gasteiger partial charge is 0.478 e. The molecule has 9 rings (SSSR count). The van der Waals surface area contributed by atoms with Gasteiger partial charge in [0.25, 0.3) is 0 Å². The Morgan fingerprint density at radius 1 is 1.02 bits per heavy atom. The van der Waals surface area contributed by atoms with Crippen LogP contribution in [0, 0.1) is 25.7 Å². The van der Waals surface area contributed by atoms with Crippen LogP contribution in [0.1, 0.15) is 56.9 Å². The lowest BCUT2D eigenvalue weighted by Gasteiger charge is -2.58. The summed E-state index contributed by atoms with van der Waals surface area (Å²) in [6.07, 6.45) is 5.43. The molecule has 4 fully saturated rings. The number of anilines is 1. The Kier molecular flexibility index (Phi) is 5.99. The van der Waals surface area contributed by atoms with Gasteiger partial charge in [-0.2, -0.15) is 0 Å². The Labute approximate surface area is 255 Å². The Morgan fingerprint density at radius 2 is 1.84 bits per heavy atom. The Morgan fingerprint density at radius 3 is 2.61 bits per heavy atom. The molecule has 5 aliphatic heterocycles. The van der Waals surface area contributed by atoms with E-state index in [0.717, 1.165) is 12.2 Å². The predicted octanol–water partition coefficient (Wildman–Crippen LogP) is 4.58. The minimum Gasteiger partial charge on any atom is -0.478 e. The van der Waals surface area contributed by atoms with Crippen molar-refractivity contribution in [1.29, 1.82) is 0 Å². The van der Waals surface area contributed by atoms with E-state index in [0.29, 0.717) is 48.3 Å². The molecule has 2 bridgehead atoms. The molecule has 1 aromatic heterocycles. The van der Waals surface area contributed by atoms with Crippen molar-refractivity contribution in [2.24, 2.45) is 11.8 Å². The topological polar surface area (TPSA) is 112 Å². The number of amides is 1. The molecule has 0 unspecified atom stereocenters. The lowest BCUT2D eigenvalue weighted by molar-refractivity contribution is -0.132. The van der Waals surface area contributed by atoms with Crippen LogP contribution in [-0.4, -0.2) is 75.4 Å². The van der Waals surface area contributed by atoms with Crippen LogP contribution in [0.5, 0.6) is 0 Å². The van der Waals surface area contributed by atoms with Gasteiger partial charge in [0.1, 0.15) is 0 Å². The molecule has 6 heterocycles. The van der Waals surface area contributed by atoms with E-state index in [1.165, 1.54) is 42.8 Å². The second-order valence-electron chi connectivity index (χ2n) is 13.1. The third-order valence-electron chi connectivity index (χ3n) is 11.2. The molecule has 1 aliphatic carbocycles. The second-order valence-corrected chi connectivity index (χ2v) is 13.1. The summed E-state index contributed by atoms with van der Waals surface area (Å²) in [6.45, 7) is 6.45. The molecule has 6 atom stereocenters. The number of benzene rings is 2. The first-order valence-corrected chi connectivity index (χ1v) is 15.4. The number of fused-ring (bicyclic) bond motifs is 2. The number of rotatable bonds is 3. The van der Waals surface area contributed by atoms with Crippen LogP contribution in [0.4, 0.5) is 5.69 Å². The second kappa shape index (κ2) is 9.64. The molecule has 2 N–H and O–H groups in total. The Hall–Kier alpha value is -4.21. The predicted molar refractivity (Wildman–Crippen MR) is 163 cm³/mol. The molecule has 2 aromatic carbocycles. The lowest BCUT2D eigenvalue weighted by atomic mass is 9.53. The number of para-hydroxylation sites is 1. The Balaban J connectivity index is 0.000000138. The number of hydrogen-bond donors (Lipinski definition) is 2. The number of aromatic nitrogens is 1. The van der Waals surface area contributed by atoms with Crippen molar-refractivity contribution in [2.75, 3.05) is 24.6 Å². The molecule has 226 valence electrons. The standard InChI is InChI=1S/C21H22N2O2.C14H13NO4/c24-18-10-16-19-13-9-17-21(6-7-22(17)11-12(13)5-8-25-16)14-3-1-2-4-15(14)23(18)20(19)21;1-8-6-12(14(18)19)9(2)15(8)11-5-3-4-10(7-11)13(16)17/h1-5,13,16-17,19-20H,6-11H2;3-7H,1-2H3,(H,16,17)(H,18,19)/t13-,16-,17-,19+,20+,21+;/m0./s1. The van der Waals surface area contributed by atoms with Crippen molar-refractivity contribution in [3.05, 3.63) is 94.3 Å². The molecule has 6 aliphatic rings. The normalized spacial score (nSPS) is 30.6. The molecule has 3 saturated heterocycles. The van der Waals surface area contributed by atoms with Gasteiger partial charge in [-0.05, 0) is 75.0 Å². The van der Waals surface area contributed by atoms with Crippen molar-refractivity contribution in [3.8, 4) is 5.69 Å². The zero-order valence-electron chi connectivity index (χ0n) is 24.8. The fourth-order valence-corrected chi connectivity index (χ4v) is 9.66. The van der Waals surface area contributed by atoms with Crippen molar-refractivity contribution < 1.29 is 29.3 Å². The number of ether oxygens (including phenoxy) is 1. The van der Waals surface area contributed by atoms with E-state index in [1.54, 1.807) is 42.2 Å². The number of piperidine rings is 2. The van der Waals surface area contributed by atoms with Gasteiger partial charge in [-0.25, -0.2) is 9.59 Å². The number of nitrogens with zero attached hydrogens (tertiary/aromatic N) is 3. The third kappa shape index (κ3) is 3.62. The molecule has 9 heteroatoms. The van der Waals surface area contributed by atoms with E-state index < -0.39 is 11.9 Å². The zero-order chi connectivity index (χ0) is 30.5. The smallest absolute Gasteiger partial charge is 0.337 e. The van der Waals surface area contributed by atoms with E-state index in [-0.39, 0.29) is 28.6 Å². The number of carboxylic acid groups (broad SMARTS) is 2. The van der Waals surface area contributed by atoms with Crippen LogP contribution >= 0.6 is 0 Å². The fraction of sp³-hybridized carbons (Fsp3) is 0.400. The fourth-order valence-electron chi connectivity index (χ4n) is 9.66. The number of aromatic carboxylic acids is 2. The van der Waals surface area contributed by atoms with Gasteiger partial charge in [-0.15, -0.1) is 0 Å². The van der Waals surface area contributed by atoms with Crippen LogP contribution in [0.2, 0.25) is 0 Å². The van der Waals surface area contributed by atoms with E-state index in [9.17, 15) is 14.4 Å². The molecule has 44 heavy (non-hydrogen) atoms. The maximum absolute atomic E-state index is 13.2. The molecule has 9 nitrogen and oxygen atoms in total. The van der Waals surface area contributed by atoms with E-state index in [1.807, 2.05) is 0 Å². The molecule has 3 aromatic rings. The van der Waals surface area contributed by atoms with Gasteiger partial charge in [0.2, 0.25) is 5.91 Å². The highest BCUT2D eigenvalue weighted by atomic mass is 16.5. The molecule has 1 amide bonds. The molecule has 0 radical (unpaired) electrons. The van der Waals surface area contributed by atoms with Crippen LogP contribution < -0.4 is 4.90 Å². The van der Waals surface area contributed by atoms with Gasteiger partial charge >= 0.3 is 11.9 Å². The first kappa shape index (κ1) is 27.3. The average molecular weight is 594 g/mol. The highest BCUT2D eigenvalue weighted by Crippen LogP contribution is 2.65. The third-order valence-corrected chi connectivity index (χ3v) is 11.2. The lowest BCUT2D eigenvalue weighted by Crippen LogP contribution is -2.69. The van der Waals surface area contributed by atoms with Crippen molar-refractivity contribution in [3.63, 3.8) is 0 Å². The van der Waals surface area contributed by atoms with Crippen LogP contribution in [-0.2, 0) is 14.9 Å². The number of carbonyl (C=O) groups excluding carboxylic acids is 1. The maximum Gasteiger partial charge on any atom is 0.337 e. The first-order valence-electron chi connectivity index (χ1n) is 15.4. The minimum absolute atomic E-state index is 0.104. The summed E-state index contributed by atoms with van der Waals surface area (Å²) in [5, 5.41) is 18.1. The summed E-state index contributed by atoms with van der Waals surface area (Å²) in [5.41, 5.74) is 6.71. The average Bonchev–Trinajstić information content (AvgIpc) is 3.60. The zero-order valence-corrected chi connectivity index (χ0v) is 24.8. The van der Waals surface area contributed by atoms with Crippen LogP contribution in [0.15, 0.2) is 66.2 Å². The summed E-state index contributed by atoms with van der Waals surface area (Å²) in [4.78, 5) is 40.1. The quantitative estimate of drug-likeness (QED) is 0.428. The highest BCUT2D eigenvalue weighted by molar-refractivity contribution is 5.99. The molecular weight excluding hydrogens is 558 g/mol. The summed E-state index contributed by atoms with van der Waals surface area (Å²) < 4.78 is 7.98. The van der Waals surface area contributed by atoms with Gasteiger partial charge in [0.05, 0.1) is 36.3 Å². The first-order chi connectivity index (χ1) is 21.2. The summed E-state index contributed by atoms with van der Waals surface area (Å²) in [7, 11) is 0. The number of carboxylic acids is 2. The van der Waals surface area contributed by atoms with E-state index in [4.69, 9.17) is 14.9 Å².